The minimum atomic E-state index is -0.290. The first-order valence-electron chi connectivity index (χ1n) is 5.06. The van der Waals surface area contributed by atoms with Gasteiger partial charge in [-0.05, 0) is 53.4 Å². The largest absolute Gasteiger partial charge is 0.391 e. The van der Waals surface area contributed by atoms with Gasteiger partial charge in [0.1, 0.15) is 5.82 Å². The molecule has 0 aromatic heterocycles. The van der Waals surface area contributed by atoms with Crippen LogP contribution in [0.15, 0.2) is 22.7 Å². The molecule has 0 spiro atoms. The van der Waals surface area contributed by atoms with Gasteiger partial charge in [-0.15, -0.1) is 0 Å². The maximum Gasteiger partial charge on any atom is 0.124 e. The Hall–Kier alpha value is -0.610. The first-order valence-corrected chi connectivity index (χ1v) is 5.86. The Morgan fingerprint density at radius 1 is 1.40 bits per heavy atom. The van der Waals surface area contributed by atoms with Crippen molar-refractivity contribution in [1.29, 1.82) is 0 Å². The van der Waals surface area contributed by atoms with E-state index in [1.54, 1.807) is 6.07 Å². The average molecular weight is 274 g/mol. The third-order valence-corrected chi connectivity index (χ3v) is 3.41. The van der Waals surface area contributed by atoms with Crippen molar-refractivity contribution in [3.05, 3.63) is 28.5 Å². The Morgan fingerprint density at radius 2 is 2.20 bits per heavy atom. The fraction of sp³-hybridized carbons (Fsp3) is 0.455. The summed E-state index contributed by atoms with van der Waals surface area (Å²) < 4.78 is 13.5. The fourth-order valence-corrected chi connectivity index (χ4v) is 2.38. The Kier molecular flexibility index (Phi) is 3.26. The summed E-state index contributed by atoms with van der Waals surface area (Å²) in [5.74, 6) is -0.264. The number of hydrogen-bond acceptors (Lipinski definition) is 2. The maximum absolute atomic E-state index is 12.8. The third-order valence-electron chi connectivity index (χ3n) is 2.75. The maximum atomic E-state index is 12.8. The second-order valence-electron chi connectivity index (χ2n) is 3.87. The third kappa shape index (κ3) is 2.49. The minimum absolute atomic E-state index is 0.0896. The van der Waals surface area contributed by atoms with Gasteiger partial charge < -0.3 is 10.4 Å². The average Bonchev–Trinajstić information content (AvgIpc) is 2.57. The van der Waals surface area contributed by atoms with Gasteiger partial charge in [-0.3, -0.25) is 0 Å². The van der Waals surface area contributed by atoms with Crippen LogP contribution >= 0.6 is 15.9 Å². The molecule has 0 unspecified atom stereocenters. The van der Waals surface area contributed by atoms with Gasteiger partial charge in [0.05, 0.1) is 12.1 Å². The molecule has 1 aromatic rings. The molecule has 2 N–H and O–H groups in total. The summed E-state index contributed by atoms with van der Waals surface area (Å²) in [6.45, 7) is 0. The van der Waals surface area contributed by atoms with Crippen molar-refractivity contribution in [3.63, 3.8) is 0 Å². The molecule has 82 valence electrons. The van der Waals surface area contributed by atoms with Gasteiger partial charge in [0.25, 0.3) is 0 Å². The fourth-order valence-electron chi connectivity index (χ4n) is 1.92. The highest BCUT2D eigenvalue weighted by Crippen LogP contribution is 2.28. The van der Waals surface area contributed by atoms with Crippen molar-refractivity contribution in [3.8, 4) is 0 Å². The number of halogens is 2. The molecule has 1 aliphatic carbocycles. The summed E-state index contributed by atoms with van der Waals surface area (Å²) in [6, 6.07) is 4.61. The number of benzene rings is 1. The van der Waals surface area contributed by atoms with Crippen molar-refractivity contribution < 1.29 is 9.50 Å². The number of anilines is 1. The van der Waals surface area contributed by atoms with Crippen LogP contribution in [-0.4, -0.2) is 17.3 Å². The molecular weight excluding hydrogens is 261 g/mol. The summed E-state index contributed by atoms with van der Waals surface area (Å²) >= 11 is 3.29. The first kappa shape index (κ1) is 10.9. The molecular formula is C11H13BrFNO. The molecule has 1 aromatic carbocycles. The molecule has 1 aliphatic rings. The van der Waals surface area contributed by atoms with Crippen LogP contribution in [0.5, 0.6) is 0 Å². The SMILES string of the molecule is O[C@@H]1CCC[C@H]1Nc1ccc(F)cc1Br. The first-order chi connectivity index (χ1) is 7.16. The van der Waals surface area contributed by atoms with Crippen LogP contribution in [0, 0.1) is 5.82 Å². The number of rotatable bonds is 2. The van der Waals surface area contributed by atoms with E-state index in [4.69, 9.17) is 0 Å². The summed E-state index contributed by atoms with van der Waals surface area (Å²) in [5.41, 5.74) is 0.836. The summed E-state index contributed by atoms with van der Waals surface area (Å²) in [5, 5.41) is 12.9. The van der Waals surface area contributed by atoms with Gasteiger partial charge in [0.2, 0.25) is 0 Å². The highest BCUT2D eigenvalue weighted by atomic mass is 79.9. The summed E-state index contributed by atoms with van der Waals surface area (Å²) in [4.78, 5) is 0. The quantitative estimate of drug-likeness (QED) is 0.869. The van der Waals surface area contributed by atoms with E-state index in [2.05, 4.69) is 21.2 Å². The van der Waals surface area contributed by atoms with E-state index >= 15 is 0 Å². The molecule has 15 heavy (non-hydrogen) atoms. The van der Waals surface area contributed by atoms with Crippen LogP contribution in [0.4, 0.5) is 10.1 Å². The molecule has 0 heterocycles. The number of nitrogens with one attached hydrogen (secondary N) is 1. The summed E-state index contributed by atoms with van der Waals surface area (Å²) in [6.07, 6.45) is 2.56. The topological polar surface area (TPSA) is 32.3 Å². The molecule has 0 radical (unpaired) electrons. The zero-order valence-electron chi connectivity index (χ0n) is 8.21. The molecule has 0 aliphatic heterocycles. The van der Waals surface area contributed by atoms with Crippen LogP contribution in [0.25, 0.3) is 0 Å². The van der Waals surface area contributed by atoms with E-state index in [0.29, 0.717) is 4.47 Å². The van der Waals surface area contributed by atoms with E-state index < -0.39 is 0 Å². The molecule has 0 saturated heterocycles. The molecule has 0 bridgehead atoms. The van der Waals surface area contributed by atoms with Crippen molar-refractivity contribution in [1.82, 2.24) is 0 Å². The zero-order valence-corrected chi connectivity index (χ0v) is 9.80. The van der Waals surface area contributed by atoms with Crippen LogP contribution in [-0.2, 0) is 0 Å². The van der Waals surface area contributed by atoms with Gasteiger partial charge >= 0.3 is 0 Å². The molecule has 0 amide bonds. The Balaban J connectivity index is 2.10. The van der Waals surface area contributed by atoms with E-state index in [0.717, 1.165) is 24.9 Å². The van der Waals surface area contributed by atoms with Crippen LogP contribution in [0.2, 0.25) is 0 Å². The van der Waals surface area contributed by atoms with Crippen molar-refractivity contribution in [2.45, 2.75) is 31.4 Å². The monoisotopic (exact) mass is 273 g/mol. The second kappa shape index (κ2) is 4.49. The highest BCUT2D eigenvalue weighted by Gasteiger charge is 2.25. The second-order valence-corrected chi connectivity index (χ2v) is 4.73. The number of aliphatic hydroxyl groups is 1. The molecule has 4 heteroatoms. The van der Waals surface area contributed by atoms with Crippen molar-refractivity contribution in [2.24, 2.45) is 0 Å². The van der Waals surface area contributed by atoms with Crippen LogP contribution < -0.4 is 5.32 Å². The van der Waals surface area contributed by atoms with Crippen LogP contribution in [0.3, 0.4) is 0 Å². The Labute approximate surface area is 96.6 Å². The van der Waals surface area contributed by atoms with Gasteiger partial charge in [-0.25, -0.2) is 4.39 Å². The summed E-state index contributed by atoms with van der Waals surface area (Å²) in [7, 11) is 0. The molecule has 2 rings (SSSR count). The lowest BCUT2D eigenvalue weighted by atomic mass is 10.2. The van der Waals surface area contributed by atoms with Gasteiger partial charge in [0.15, 0.2) is 0 Å². The molecule has 2 nitrogen and oxygen atoms in total. The van der Waals surface area contributed by atoms with Crippen molar-refractivity contribution in [2.75, 3.05) is 5.32 Å². The smallest absolute Gasteiger partial charge is 0.124 e. The lowest BCUT2D eigenvalue weighted by Crippen LogP contribution is -2.28. The predicted molar refractivity (Wildman–Crippen MR) is 61.4 cm³/mol. The lowest BCUT2D eigenvalue weighted by molar-refractivity contribution is 0.172. The van der Waals surface area contributed by atoms with E-state index in [1.165, 1.54) is 12.1 Å². The highest BCUT2D eigenvalue weighted by molar-refractivity contribution is 9.10. The van der Waals surface area contributed by atoms with Gasteiger partial charge in [-0.1, -0.05) is 0 Å². The van der Waals surface area contributed by atoms with Gasteiger partial charge in [0, 0.05) is 10.2 Å². The standard InChI is InChI=1S/C11H13BrFNO/c12-8-6-7(13)4-5-9(8)14-10-2-1-3-11(10)15/h4-6,10-11,14-15H,1-3H2/t10-,11-/m1/s1. The predicted octanol–water partition coefficient (Wildman–Crippen LogP) is 2.91. The number of hydrogen-bond donors (Lipinski definition) is 2. The minimum Gasteiger partial charge on any atom is -0.391 e. The lowest BCUT2D eigenvalue weighted by Gasteiger charge is -2.18. The Bertz CT molecular complexity index is 358. The normalized spacial score (nSPS) is 25.5. The van der Waals surface area contributed by atoms with E-state index in [9.17, 15) is 9.50 Å². The Morgan fingerprint density at radius 3 is 2.80 bits per heavy atom. The molecule has 1 saturated carbocycles. The van der Waals surface area contributed by atoms with Gasteiger partial charge in [-0.2, -0.15) is 0 Å². The number of aliphatic hydroxyl groups excluding tert-OH is 1. The van der Waals surface area contributed by atoms with E-state index in [-0.39, 0.29) is 18.0 Å². The van der Waals surface area contributed by atoms with Crippen LogP contribution in [0.1, 0.15) is 19.3 Å². The zero-order chi connectivity index (χ0) is 10.8. The molecule has 1 fully saturated rings. The van der Waals surface area contributed by atoms with Crippen molar-refractivity contribution >= 4 is 21.6 Å². The van der Waals surface area contributed by atoms with E-state index in [1.807, 2.05) is 0 Å². The molecule has 2 atom stereocenters.